The molecule has 1 aromatic rings. The first kappa shape index (κ1) is 7.81. The van der Waals surface area contributed by atoms with Crippen LogP contribution in [0.5, 0.6) is 0 Å². The Morgan fingerprint density at radius 3 is 2.70 bits per heavy atom. The van der Waals surface area contributed by atoms with Gasteiger partial charge in [0.25, 0.3) is 0 Å². The lowest BCUT2D eigenvalue weighted by Crippen LogP contribution is -1.89. The summed E-state index contributed by atoms with van der Waals surface area (Å²) < 4.78 is 0. The predicted octanol–water partition coefficient (Wildman–Crippen LogP) is 1.32. The standard InChI is InChI=1S/C5H7N3S2/c1-9-4-3-6-8-5(7-4)10-2/h3H,1-2H3. The van der Waals surface area contributed by atoms with Gasteiger partial charge >= 0.3 is 0 Å². The summed E-state index contributed by atoms with van der Waals surface area (Å²) in [5, 5.41) is 9.21. The molecule has 0 atom stereocenters. The van der Waals surface area contributed by atoms with Crippen LogP contribution in [-0.2, 0) is 0 Å². The Hall–Kier alpha value is -0.290. The SMILES string of the molecule is CSc1cnnc(SC)n1. The van der Waals surface area contributed by atoms with Gasteiger partial charge in [0.1, 0.15) is 5.03 Å². The molecule has 0 saturated carbocycles. The first-order valence-corrected chi connectivity index (χ1v) is 5.09. The van der Waals surface area contributed by atoms with E-state index in [-0.39, 0.29) is 0 Å². The minimum atomic E-state index is 0.729. The maximum atomic E-state index is 4.16. The van der Waals surface area contributed by atoms with Crippen LogP contribution in [0, 0.1) is 0 Å². The summed E-state index contributed by atoms with van der Waals surface area (Å²) in [4.78, 5) is 4.16. The highest BCUT2D eigenvalue weighted by Gasteiger charge is 1.95. The molecule has 54 valence electrons. The molecule has 0 unspecified atom stereocenters. The molecule has 0 bridgehead atoms. The van der Waals surface area contributed by atoms with Crippen LogP contribution in [0.15, 0.2) is 16.4 Å². The van der Waals surface area contributed by atoms with Crippen molar-refractivity contribution in [2.45, 2.75) is 10.2 Å². The van der Waals surface area contributed by atoms with Crippen molar-refractivity contribution in [2.75, 3.05) is 12.5 Å². The van der Waals surface area contributed by atoms with Crippen molar-refractivity contribution in [1.82, 2.24) is 15.2 Å². The quantitative estimate of drug-likeness (QED) is 0.631. The molecule has 0 aromatic carbocycles. The maximum Gasteiger partial charge on any atom is 0.209 e. The molecule has 0 N–H and O–H groups in total. The molecule has 0 fully saturated rings. The summed E-state index contributed by atoms with van der Waals surface area (Å²) in [6.45, 7) is 0. The molecule has 3 nitrogen and oxygen atoms in total. The van der Waals surface area contributed by atoms with E-state index in [0.29, 0.717) is 0 Å². The van der Waals surface area contributed by atoms with Gasteiger partial charge in [-0.2, -0.15) is 5.10 Å². The van der Waals surface area contributed by atoms with E-state index in [1.54, 1.807) is 18.0 Å². The second kappa shape index (κ2) is 3.78. The van der Waals surface area contributed by atoms with Gasteiger partial charge in [-0.25, -0.2) is 4.98 Å². The fourth-order valence-electron chi connectivity index (χ4n) is 0.458. The van der Waals surface area contributed by atoms with E-state index in [2.05, 4.69) is 15.2 Å². The van der Waals surface area contributed by atoms with Gasteiger partial charge < -0.3 is 0 Å². The molecule has 0 amide bonds. The van der Waals surface area contributed by atoms with Crippen LogP contribution in [0.25, 0.3) is 0 Å². The highest BCUT2D eigenvalue weighted by Crippen LogP contribution is 2.12. The number of thioether (sulfide) groups is 2. The van der Waals surface area contributed by atoms with E-state index in [0.717, 1.165) is 10.2 Å². The smallest absolute Gasteiger partial charge is 0.209 e. The fourth-order valence-corrected chi connectivity index (χ4v) is 1.16. The minimum absolute atomic E-state index is 0.729. The van der Waals surface area contributed by atoms with Crippen molar-refractivity contribution >= 4 is 23.5 Å². The second-order valence-corrected chi connectivity index (χ2v) is 3.09. The van der Waals surface area contributed by atoms with Crippen LogP contribution in [0.2, 0.25) is 0 Å². The molecule has 10 heavy (non-hydrogen) atoms. The van der Waals surface area contributed by atoms with Gasteiger partial charge in [0.15, 0.2) is 0 Å². The second-order valence-electron chi connectivity index (χ2n) is 1.49. The van der Waals surface area contributed by atoms with Crippen molar-refractivity contribution in [3.63, 3.8) is 0 Å². The van der Waals surface area contributed by atoms with E-state index in [4.69, 9.17) is 0 Å². The van der Waals surface area contributed by atoms with E-state index >= 15 is 0 Å². The summed E-state index contributed by atoms with van der Waals surface area (Å²) in [5.41, 5.74) is 0. The van der Waals surface area contributed by atoms with E-state index in [1.807, 2.05) is 12.5 Å². The van der Waals surface area contributed by atoms with Gasteiger partial charge in [0.05, 0.1) is 6.20 Å². The molecular formula is C5H7N3S2. The number of aromatic nitrogens is 3. The summed E-state index contributed by atoms with van der Waals surface area (Å²) in [6, 6.07) is 0. The summed E-state index contributed by atoms with van der Waals surface area (Å²) in [5.74, 6) is 0. The van der Waals surface area contributed by atoms with Crippen LogP contribution in [-0.4, -0.2) is 27.7 Å². The maximum absolute atomic E-state index is 4.16. The molecule has 5 heteroatoms. The van der Waals surface area contributed by atoms with Crippen LogP contribution in [0.1, 0.15) is 0 Å². The average molecular weight is 173 g/mol. The number of nitrogens with zero attached hydrogens (tertiary/aromatic N) is 3. The van der Waals surface area contributed by atoms with Crippen LogP contribution < -0.4 is 0 Å². The first-order chi connectivity index (χ1) is 4.86. The molecule has 1 heterocycles. The Bertz CT molecular complexity index is 197. The zero-order valence-electron chi connectivity index (χ0n) is 5.74. The molecular weight excluding hydrogens is 166 g/mol. The van der Waals surface area contributed by atoms with Crippen molar-refractivity contribution in [3.05, 3.63) is 6.20 Å². The molecule has 0 aliphatic carbocycles. The predicted molar refractivity (Wildman–Crippen MR) is 43.4 cm³/mol. The van der Waals surface area contributed by atoms with Gasteiger partial charge in [0, 0.05) is 0 Å². The number of rotatable bonds is 2. The highest BCUT2D eigenvalue weighted by molar-refractivity contribution is 7.99. The third-order valence-corrected chi connectivity index (χ3v) is 2.06. The van der Waals surface area contributed by atoms with Crippen molar-refractivity contribution in [2.24, 2.45) is 0 Å². The van der Waals surface area contributed by atoms with E-state index < -0.39 is 0 Å². The van der Waals surface area contributed by atoms with Crippen LogP contribution in [0.4, 0.5) is 0 Å². The Balaban J connectivity index is 2.87. The molecule has 0 saturated heterocycles. The summed E-state index contributed by atoms with van der Waals surface area (Å²) in [6.07, 6.45) is 5.56. The topological polar surface area (TPSA) is 38.7 Å². The summed E-state index contributed by atoms with van der Waals surface area (Å²) >= 11 is 3.07. The lowest BCUT2D eigenvalue weighted by molar-refractivity contribution is 0.786. The molecule has 0 aliphatic heterocycles. The Morgan fingerprint density at radius 1 is 1.30 bits per heavy atom. The molecule has 0 spiro atoms. The fraction of sp³-hybridized carbons (Fsp3) is 0.400. The first-order valence-electron chi connectivity index (χ1n) is 2.64. The third-order valence-electron chi connectivity index (χ3n) is 0.909. The molecule has 0 radical (unpaired) electrons. The molecule has 1 aromatic heterocycles. The van der Waals surface area contributed by atoms with Crippen LogP contribution >= 0.6 is 23.5 Å². The van der Waals surface area contributed by atoms with Crippen molar-refractivity contribution in [1.29, 1.82) is 0 Å². The summed E-state index contributed by atoms with van der Waals surface area (Å²) in [7, 11) is 0. The number of hydrogen-bond acceptors (Lipinski definition) is 5. The van der Waals surface area contributed by atoms with Crippen LogP contribution in [0.3, 0.4) is 0 Å². The van der Waals surface area contributed by atoms with Gasteiger partial charge in [-0.1, -0.05) is 11.8 Å². The Morgan fingerprint density at radius 2 is 2.10 bits per heavy atom. The van der Waals surface area contributed by atoms with Gasteiger partial charge in [0.2, 0.25) is 5.16 Å². The normalized spacial score (nSPS) is 9.80. The highest BCUT2D eigenvalue weighted by atomic mass is 32.2. The van der Waals surface area contributed by atoms with Gasteiger partial charge in [-0.05, 0) is 12.5 Å². The molecule has 1 rings (SSSR count). The lowest BCUT2D eigenvalue weighted by Gasteiger charge is -1.94. The van der Waals surface area contributed by atoms with E-state index in [9.17, 15) is 0 Å². The lowest BCUT2D eigenvalue weighted by atomic mass is 10.9. The van der Waals surface area contributed by atoms with Gasteiger partial charge in [-0.3, -0.25) is 0 Å². The van der Waals surface area contributed by atoms with Gasteiger partial charge in [-0.15, -0.1) is 16.9 Å². The third kappa shape index (κ3) is 1.85. The Kier molecular flexibility index (Phi) is 2.95. The monoisotopic (exact) mass is 173 g/mol. The zero-order chi connectivity index (χ0) is 7.40. The Labute approximate surface area is 68.0 Å². The number of hydrogen-bond donors (Lipinski definition) is 0. The minimum Gasteiger partial charge on any atom is -0.213 e. The average Bonchev–Trinajstić information content (AvgIpc) is 2.05. The zero-order valence-corrected chi connectivity index (χ0v) is 7.37. The molecule has 0 aliphatic rings. The van der Waals surface area contributed by atoms with Crippen molar-refractivity contribution < 1.29 is 0 Å². The largest absolute Gasteiger partial charge is 0.213 e. The van der Waals surface area contributed by atoms with Crippen molar-refractivity contribution in [3.8, 4) is 0 Å². The van der Waals surface area contributed by atoms with E-state index in [1.165, 1.54) is 11.8 Å².